The first kappa shape index (κ1) is 15.9. The summed E-state index contributed by atoms with van der Waals surface area (Å²) in [6, 6.07) is 13.2. The van der Waals surface area contributed by atoms with Crippen LogP contribution >= 0.6 is 0 Å². The van der Waals surface area contributed by atoms with Crippen molar-refractivity contribution in [2.45, 2.75) is 20.3 Å². The number of hydrogen-bond acceptors (Lipinski definition) is 3. The van der Waals surface area contributed by atoms with Crippen LogP contribution in [-0.4, -0.2) is 10.1 Å². The number of nitrogens with zero attached hydrogens (tertiary/aromatic N) is 2. The lowest BCUT2D eigenvalue weighted by molar-refractivity contribution is 0.476. The third-order valence-electron chi connectivity index (χ3n) is 3.87. The number of halogens is 1. The van der Waals surface area contributed by atoms with Crippen LogP contribution in [0.3, 0.4) is 0 Å². The summed E-state index contributed by atoms with van der Waals surface area (Å²) >= 11 is 0. The molecule has 1 heterocycles. The van der Waals surface area contributed by atoms with E-state index in [-0.39, 0.29) is 11.6 Å². The standard InChI is InChI=1S/C20H17FN2O/c1-12(2)8-19-17(11-22)20(13-4-3-5-14(21)9-13)16-10-15(24)6-7-18(16)23-19/h3-7,9-10,12,24H,8H2,1-2H3. The number of rotatable bonds is 3. The highest BCUT2D eigenvalue weighted by Crippen LogP contribution is 2.35. The highest BCUT2D eigenvalue weighted by Gasteiger charge is 2.18. The number of aromatic nitrogens is 1. The van der Waals surface area contributed by atoms with E-state index in [0.29, 0.717) is 45.6 Å². The molecule has 1 aromatic heterocycles. The highest BCUT2D eigenvalue weighted by molar-refractivity contribution is 5.98. The lowest BCUT2D eigenvalue weighted by Crippen LogP contribution is -2.04. The van der Waals surface area contributed by atoms with E-state index < -0.39 is 0 Å². The van der Waals surface area contributed by atoms with Crippen molar-refractivity contribution in [3.8, 4) is 22.9 Å². The normalized spacial score (nSPS) is 11.0. The Morgan fingerprint density at radius 1 is 1.21 bits per heavy atom. The summed E-state index contributed by atoms with van der Waals surface area (Å²) in [5.74, 6) is 0.0499. The number of hydrogen-bond donors (Lipinski definition) is 1. The highest BCUT2D eigenvalue weighted by atomic mass is 19.1. The number of fused-ring (bicyclic) bond motifs is 1. The van der Waals surface area contributed by atoms with E-state index in [1.165, 1.54) is 12.1 Å². The Balaban J connectivity index is 2.42. The summed E-state index contributed by atoms with van der Waals surface area (Å²) in [5, 5.41) is 20.2. The van der Waals surface area contributed by atoms with E-state index in [1.54, 1.807) is 30.3 Å². The van der Waals surface area contributed by atoms with Gasteiger partial charge >= 0.3 is 0 Å². The Bertz CT molecular complexity index is 958. The second kappa shape index (κ2) is 6.29. The third-order valence-corrected chi connectivity index (χ3v) is 3.87. The lowest BCUT2D eigenvalue weighted by atomic mass is 9.92. The largest absolute Gasteiger partial charge is 0.508 e. The average molecular weight is 320 g/mol. The number of phenols is 1. The van der Waals surface area contributed by atoms with E-state index in [2.05, 4.69) is 24.9 Å². The quantitative estimate of drug-likeness (QED) is 0.753. The molecule has 3 rings (SSSR count). The summed E-state index contributed by atoms with van der Waals surface area (Å²) in [5.41, 5.74) is 3.04. The van der Waals surface area contributed by atoms with E-state index >= 15 is 0 Å². The molecule has 24 heavy (non-hydrogen) atoms. The second-order valence-electron chi connectivity index (χ2n) is 6.23. The molecular formula is C20H17FN2O. The van der Waals surface area contributed by atoms with Gasteiger partial charge in [0.2, 0.25) is 0 Å². The fraction of sp³-hybridized carbons (Fsp3) is 0.200. The summed E-state index contributed by atoms with van der Waals surface area (Å²) in [6.45, 7) is 4.12. The van der Waals surface area contributed by atoms with Crippen LogP contribution in [0, 0.1) is 23.1 Å². The molecule has 1 N–H and O–H groups in total. The van der Waals surface area contributed by atoms with Crippen molar-refractivity contribution in [3.63, 3.8) is 0 Å². The predicted octanol–water partition coefficient (Wildman–Crippen LogP) is 4.82. The van der Waals surface area contributed by atoms with Gasteiger partial charge in [-0.3, -0.25) is 4.98 Å². The van der Waals surface area contributed by atoms with Crippen molar-refractivity contribution in [2.75, 3.05) is 0 Å². The van der Waals surface area contributed by atoms with Crippen molar-refractivity contribution in [2.24, 2.45) is 5.92 Å². The third kappa shape index (κ3) is 2.93. The van der Waals surface area contributed by atoms with Crippen molar-refractivity contribution < 1.29 is 9.50 Å². The van der Waals surface area contributed by atoms with Crippen LogP contribution < -0.4 is 0 Å². The number of pyridine rings is 1. The molecule has 0 fully saturated rings. The van der Waals surface area contributed by atoms with Gasteiger partial charge in [0.05, 0.1) is 16.8 Å². The topological polar surface area (TPSA) is 56.9 Å². The maximum absolute atomic E-state index is 13.7. The van der Waals surface area contributed by atoms with Crippen LogP contribution in [0.15, 0.2) is 42.5 Å². The first-order chi connectivity index (χ1) is 11.5. The molecule has 0 amide bonds. The van der Waals surface area contributed by atoms with Crippen molar-refractivity contribution in [3.05, 3.63) is 59.5 Å². The summed E-state index contributed by atoms with van der Waals surface area (Å²) in [4.78, 5) is 4.61. The van der Waals surface area contributed by atoms with Gasteiger partial charge in [-0.2, -0.15) is 5.26 Å². The molecule has 2 aromatic carbocycles. The monoisotopic (exact) mass is 320 g/mol. The summed E-state index contributed by atoms with van der Waals surface area (Å²) in [6.07, 6.45) is 0.655. The molecule has 0 aliphatic rings. The zero-order chi connectivity index (χ0) is 17.3. The molecule has 120 valence electrons. The minimum atomic E-state index is -0.369. The van der Waals surface area contributed by atoms with Gasteiger partial charge < -0.3 is 5.11 Å². The van der Waals surface area contributed by atoms with E-state index in [1.807, 2.05) is 0 Å². The van der Waals surface area contributed by atoms with Gasteiger partial charge in [0.1, 0.15) is 17.6 Å². The summed E-state index contributed by atoms with van der Waals surface area (Å²) in [7, 11) is 0. The van der Waals surface area contributed by atoms with Gasteiger partial charge in [0, 0.05) is 10.9 Å². The van der Waals surface area contributed by atoms with Crippen LogP contribution in [0.25, 0.3) is 22.0 Å². The molecule has 4 heteroatoms. The van der Waals surface area contributed by atoms with Crippen LogP contribution in [0.4, 0.5) is 4.39 Å². The van der Waals surface area contributed by atoms with Crippen LogP contribution in [-0.2, 0) is 6.42 Å². The van der Waals surface area contributed by atoms with Gasteiger partial charge in [0.15, 0.2) is 0 Å². The van der Waals surface area contributed by atoms with E-state index in [0.717, 1.165) is 0 Å². The molecule has 0 spiro atoms. The Kier molecular flexibility index (Phi) is 4.18. The molecule has 0 radical (unpaired) electrons. The number of aromatic hydroxyl groups is 1. The Hall–Kier alpha value is -2.93. The van der Waals surface area contributed by atoms with Crippen molar-refractivity contribution >= 4 is 10.9 Å². The smallest absolute Gasteiger partial charge is 0.123 e. The second-order valence-corrected chi connectivity index (χ2v) is 6.23. The molecule has 0 saturated carbocycles. The van der Waals surface area contributed by atoms with Gasteiger partial charge in [-0.15, -0.1) is 0 Å². The van der Waals surface area contributed by atoms with E-state index in [4.69, 9.17) is 0 Å². The molecule has 0 unspecified atom stereocenters. The molecular weight excluding hydrogens is 303 g/mol. The molecule has 0 atom stereocenters. The number of nitriles is 1. The first-order valence-corrected chi connectivity index (χ1v) is 7.81. The summed E-state index contributed by atoms with van der Waals surface area (Å²) < 4.78 is 13.7. The zero-order valence-corrected chi connectivity index (χ0v) is 13.5. The average Bonchev–Trinajstić information content (AvgIpc) is 2.53. The Morgan fingerprint density at radius 2 is 2.00 bits per heavy atom. The molecule has 0 saturated heterocycles. The van der Waals surface area contributed by atoms with Crippen molar-refractivity contribution in [1.82, 2.24) is 4.98 Å². The van der Waals surface area contributed by atoms with Gasteiger partial charge in [-0.05, 0) is 48.2 Å². The van der Waals surface area contributed by atoms with E-state index in [9.17, 15) is 14.8 Å². The van der Waals surface area contributed by atoms with Crippen molar-refractivity contribution in [1.29, 1.82) is 5.26 Å². The van der Waals surface area contributed by atoms with Gasteiger partial charge in [-0.1, -0.05) is 26.0 Å². The first-order valence-electron chi connectivity index (χ1n) is 7.81. The molecule has 0 bridgehead atoms. The number of phenolic OH excluding ortho intramolecular Hbond substituents is 1. The van der Waals surface area contributed by atoms with Crippen LogP contribution in [0.1, 0.15) is 25.1 Å². The fourth-order valence-corrected chi connectivity index (χ4v) is 2.90. The molecule has 0 aliphatic heterocycles. The Labute approximate surface area is 140 Å². The zero-order valence-electron chi connectivity index (χ0n) is 13.5. The number of benzene rings is 2. The predicted molar refractivity (Wildman–Crippen MR) is 92.1 cm³/mol. The minimum absolute atomic E-state index is 0.0856. The lowest BCUT2D eigenvalue weighted by Gasteiger charge is -2.15. The molecule has 0 aliphatic carbocycles. The maximum atomic E-state index is 13.7. The molecule has 3 nitrogen and oxygen atoms in total. The van der Waals surface area contributed by atoms with Crippen LogP contribution in [0.2, 0.25) is 0 Å². The van der Waals surface area contributed by atoms with Crippen LogP contribution in [0.5, 0.6) is 5.75 Å². The van der Waals surface area contributed by atoms with Gasteiger partial charge in [-0.25, -0.2) is 4.39 Å². The fourth-order valence-electron chi connectivity index (χ4n) is 2.90. The molecule has 3 aromatic rings. The Morgan fingerprint density at radius 3 is 2.67 bits per heavy atom. The minimum Gasteiger partial charge on any atom is -0.508 e. The SMILES string of the molecule is CC(C)Cc1nc2ccc(O)cc2c(-c2cccc(F)c2)c1C#N. The van der Waals surface area contributed by atoms with Gasteiger partial charge in [0.25, 0.3) is 0 Å². The maximum Gasteiger partial charge on any atom is 0.123 e.